The highest BCUT2D eigenvalue weighted by Gasteiger charge is 2.29. The highest BCUT2D eigenvalue weighted by Crippen LogP contribution is 2.37. The maximum Gasteiger partial charge on any atom is 0.0639 e. The Hall–Kier alpha value is -0.860. The van der Waals surface area contributed by atoms with Crippen molar-refractivity contribution < 1.29 is 5.11 Å². The Kier molecular flexibility index (Phi) is 5.52. The second-order valence-electron chi connectivity index (χ2n) is 9.81. The van der Waals surface area contributed by atoms with Crippen LogP contribution >= 0.6 is 0 Å². The van der Waals surface area contributed by atoms with Crippen LogP contribution in [0.1, 0.15) is 78.0 Å². The summed E-state index contributed by atoms with van der Waals surface area (Å²) in [4.78, 5) is 2.48. The molecule has 0 saturated carbocycles. The van der Waals surface area contributed by atoms with Crippen LogP contribution in [0.5, 0.6) is 0 Å². The third-order valence-corrected chi connectivity index (χ3v) is 5.93. The van der Waals surface area contributed by atoms with E-state index >= 15 is 0 Å². The molecule has 136 valence electrons. The molecule has 0 amide bonds. The van der Waals surface area contributed by atoms with Crippen LogP contribution in [0.15, 0.2) is 18.2 Å². The molecule has 1 aliphatic heterocycles. The van der Waals surface area contributed by atoms with Crippen LogP contribution in [-0.2, 0) is 18.4 Å². The fourth-order valence-electron chi connectivity index (χ4n) is 2.95. The van der Waals surface area contributed by atoms with E-state index < -0.39 is 5.60 Å². The summed E-state index contributed by atoms with van der Waals surface area (Å²) in [6, 6.07) is 7.17. The quantitative estimate of drug-likeness (QED) is 0.778. The molecular weight excluding hydrogens is 294 g/mol. The predicted molar refractivity (Wildman–Crippen MR) is 103 cm³/mol. The molecule has 0 atom stereocenters. The molecule has 0 unspecified atom stereocenters. The van der Waals surface area contributed by atoms with Gasteiger partial charge in [-0.1, -0.05) is 52.8 Å². The number of rotatable bonds is 2. The van der Waals surface area contributed by atoms with E-state index in [1.807, 2.05) is 34.6 Å². The molecule has 1 heterocycles. The molecule has 1 saturated heterocycles. The van der Waals surface area contributed by atoms with Gasteiger partial charge in [-0.05, 0) is 60.6 Å². The number of benzene rings is 1. The molecule has 1 aliphatic carbocycles. The number of fused-ring (bicyclic) bond motifs is 1. The monoisotopic (exact) mass is 331 g/mol. The average molecular weight is 332 g/mol. The lowest BCUT2D eigenvalue weighted by Crippen LogP contribution is -2.35. The molecule has 24 heavy (non-hydrogen) atoms. The summed E-state index contributed by atoms with van der Waals surface area (Å²) in [7, 11) is 0. The highest BCUT2D eigenvalue weighted by atomic mass is 16.3. The average Bonchev–Trinajstić information content (AvgIpc) is 3.20. The van der Waals surface area contributed by atoms with Crippen molar-refractivity contribution in [1.82, 2.24) is 4.90 Å². The predicted octanol–water partition coefficient (Wildman–Crippen LogP) is 4.92. The van der Waals surface area contributed by atoms with Crippen molar-refractivity contribution in [2.45, 2.75) is 85.3 Å². The molecular formula is C22H37NO. The van der Waals surface area contributed by atoms with Gasteiger partial charge in [0.25, 0.3) is 0 Å². The summed E-state index contributed by atoms with van der Waals surface area (Å²) in [6.45, 7) is 18.2. The zero-order chi connectivity index (χ0) is 18.2. The minimum atomic E-state index is -0.562. The molecule has 1 aromatic carbocycles. The van der Waals surface area contributed by atoms with Gasteiger partial charge in [0, 0.05) is 19.6 Å². The molecule has 0 spiro atoms. The maximum absolute atomic E-state index is 9.35. The molecule has 0 aromatic heterocycles. The zero-order valence-electron chi connectivity index (χ0n) is 16.9. The number of aryl methyl sites for hydroxylation is 1. The van der Waals surface area contributed by atoms with Gasteiger partial charge in [0.2, 0.25) is 0 Å². The molecule has 1 aromatic rings. The summed E-state index contributed by atoms with van der Waals surface area (Å²) in [6.07, 6.45) is 3.98. The first-order chi connectivity index (χ1) is 10.9. The van der Waals surface area contributed by atoms with Gasteiger partial charge in [0.15, 0.2) is 0 Å². The number of hydrogen-bond donors (Lipinski definition) is 1. The van der Waals surface area contributed by atoms with E-state index in [1.54, 1.807) is 11.1 Å². The van der Waals surface area contributed by atoms with Crippen LogP contribution in [0.4, 0.5) is 0 Å². The first-order valence-electron chi connectivity index (χ1n) is 9.47. The minimum Gasteiger partial charge on any atom is -0.390 e. The second-order valence-corrected chi connectivity index (χ2v) is 9.81. The van der Waals surface area contributed by atoms with E-state index in [9.17, 15) is 5.11 Å². The van der Waals surface area contributed by atoms with Gasteiger partial charge >= 0.3 is 0 Å². The molecule has 0 radical (unpaired) electrons. The summed E-state index contributed by atoms with van der Waals surface area (Å²) < 4.78 is 0. The summed E-state index contributed by atoms with van der Waals surface area (Å²) in [5.74, 6) is 0. The Bertz CT molecular complexity index is 544. The van der Waals surface area contributed by atoms with Crippen LogP contribution in [0, 0.1) is 5.41 Å². The molecule has 2 heteroatoms. The van der Waals surface area contributed by atoms with Crippen LogP contribution in [-0.4, -0.2) is 28.7 Å². The third kappa shape index (κ3) is 5.07. The molecule has 0 bridgehead atoms. The van der Waals surface area contributed by atoms with Crippen molar-refractivity contribution in [3.05, 3.63) is 34.9 Å². The van der Waals surface area contributed by atoms with Crippen molar-refractivity contribution in [1.29, 1.82) is 0 Å². The van der Waals surface area contributed by atoms with Crippen LogP contribution in [0.25, 0.3) is 0 Å². The van der Waals surface area contributed by atoms with E-state index in [1.165, 1.54) is 37.9 Å². The number of aliphatic hydroxyl groups is 1. The van der Waals surface area contributed by atoms with Crippen molar-refractivity contribution in [3.8, 4) is 0 Å². The van der Waals surface area contributed by atoms with Gasteiger partial charge in [0.05, 0.1) is 5.60 Å². The van der Waals surface area contributed by atoms with Crippen molar-refractivity contribution >= 4 is 0 Å². The van der Waals surface area contributed by atoms with Crippen LogP contribution < -0.4 is 0 Å². The normalized spacial score (nSPS) is 20.0. The Morgan fingerprint density at radius 2 is 1.67 bits per heavy atom. The second kappa shape index (κ2) is 6.80. The van der Waals surface area contributed by atoms with Crippen molar-refractivity contribution in [2.24, 2.45) is 5.41 Å². The largest absolute Gasteiger partial charge is 0.390 e. The maximum atomic E-state index is 9.35. The lowest BCUT2D eigenvalue weighted by molar-refractivity contribution is -0.0238. The van der Waals surface area contributed by atoms with Gasteiger partial charge in [-0.25, -0.2) is 0 Å². The topological polar surface area (TPSA) is 23.2 Å². The van der Waals surface area contributed by atoms with Crippen LogP contribution in [0.2, 0.25) is 0 Å². The summed E-state index contributed by atoms with van der Waals surface area (Å²) in [5, 5.41) is 9.35. The third-order valence-electron chi connectivity index (χ3n) is 5.93. The van der Waals surface area contributed by atoms with Gasteiger partial charge in [-0.3, -0.25) is 4.90 Å². The highest BCUT2D eigenvalue weighted by molar-refractivity contribution is 5.38. The van der Waals surface area contributed by atoms with Crippen molar-refractivity contribution in [2.75, 3.05) is 13.1 Å². The first kappa shape index (κ1) is 19.5. The Morgan fingerprint density at radius 3 is 2.17 bits per heavy atom. The minimum absolute atomic E-state index is 0.00694. The lowest BCUT2D eigenvalue weighted by Gasteiger charge is -2.33. The fourth-order valence-corrected chi connectivity index (χ4v) is 2.95. The van der Waals surface area contributed by atoms with E-state index in [4.69, 9.17) is 0 Å². The zero-order valence-corrected chi connectivity index (χ0v) is 16.9. The Labute approximate surface area is 149 Å². The smallest absolute Gasteiger partial charge is 0.0639 e. The van der Waals surface area contributed by atoms with E-state index in [0.29, 0.717) is 5.41 Å². The molecule has 2 aliphatic rings. The van der Waals surface area contributed by atoms with Gasteiger partial charge < -0.3 is 5.11 Å². The molecule has 1 fully saturated rings. The van der Waals surface area contributed by atoms with Gasteiger partial charge in [0.1, 0.15) is 0 Å². The number of hydrogen-bond acceptors (Lipinski definition) is 2. The van der Waals surface area contributed by atoms with Crippen LogP contribution in [0.3, 0.4) is 0 Å². The number of nitrogens with zero attached hydrogens (tertiary/aromatic N) is 1. The van der Waals surface area contributed by atoms with Crippen molar-refractivity contribution in [3.63, 3.8) is 0 Å². The summed E-state index contributed by atoms with van der Waals surface area (Å²) >= 11 is 0. The van der Waals surface area contributed by atoms with Gasteiger partial charge in [-0.2, -0.15) is 0 Å². The Morgan fingerprint density at radius 1 is 1.08 bits per heavy atom. The van der Waals surface area contributed by atoms with Gasteiger partial charge in [-0.15, -0.1) is 0 Å². The SMILES string of the molecule is CC(C)(C)C(C)(C)O.CC1(C)CCCc2cc(CN3CC3)ccc21. The fraction of sp³-hybridized carbons (Fsp3) is 0.727. The van der Waals surface area contributed by atoms with E-state index in [0.717, 1.165) is 6.54 Å². The van der Waals surface area contributed by atoms with E-state index in [-0.39, 0.29) is 5.41 Å². The lowest BCUT2D eigenvalue weighted by atomic mass is 9.72. The standard InChI is InChI=1S/C15H21N.C7H16O/c1-15(2)7-3-4-13-10-12(5-6-14(13)15)11-16-8-9-16;1-6(2,3)7(4,5)8/h5-6,10H,3-4,7-9,11H2,1-2H3;8H,1-5H3. The summed E-state index contributed by atoms with van der Waals surface area (Å²) in [5.41, 5.74) is 4.53. The molecule has 2 nitrogen and oxygen atoms in total. The first-order valence-corrected chi connectivity index (χ1v) is 9.47. The Balaban J connectivity index is 0.000000224. The molecule has 1 N–H and O–H groups in total. The van der Waals surface area contributed by atoms with E-state index in [2.05, 4.69) is 36.9 Å². The molecule has 3 rings (SSSR count).